The molecule has 0 aliphatic heterocycles. The van der Waals surface area contributed by atoms with E-state index < -0.39 is 0 Å². The maximum absolute atomic E-state index is 12.3. The lowest BCUT2D eigenvalue weighted by atomic mass is 10.0. The van der Waals surface area contributed by atoms with Gasteiger partial charge in [0.2, 0.25) is 11.8 Å². The summed E-state index contributed by atoms with van der Waals surface area (Å²) in [7, 11) is 3.09. The lowest BCUT2D eigenvalue weighted by Crippen LogP contribution is -2.32. The monoisotopic (exact) mass is 384 g/mol. The Morgan fingerprint density at radius 1 is 1.00 bits per heavy atom. The van der Waals surface area contributed by atoms with Gasteiger partial charge in [-0.2, -0.15) is 0 Å². The molecule has 0 aliphatic rings. The van der Waals surface area contributed by atoms with Gasteiger partial charge in [0.1, 0.15) is 0 Å². The van der Waals surface area contributed by atoms with Crippen LogP contribution < -0.4 is 19.7 Å². The smallest absolute Gasteiger partial charge is 0.226 e. The van der Waals surface area contributed by atoms with Crippen molar-refractivity contribution in [1.29, 1.82) is 0 Å². The van der Waals surface area contributed by atoms with Crippen LogP contribution in [0.2, 0.25) is 0 Å². The van der Waals surface area contributed by atoms with Crippen molar-refractivity contribution < 1.29 is 19.1 Å². The normalized spacial score (nSPS) is 10.5. The van der Waals surface area contributed by atoms with Crippen LogP contribution in [0.5, 0.6) is 11.5 Å². The molecular weight excluding hydrogens is 356 g/mol. The molecule has 2 aromatic carbocycles. The fraction of sp³-hybridized carbons (Fsp3) is 0.364. The van der Waals surface area contributed by atoms with Crippen molar-refractivity contribution in [2.75, 3.05) is 31.0 Å². The molecule has 0 atom stereocenters. The molecule has 0 aliphatic carbocycles. The summed E-state index contributed by atoms with van der Waals surface area (Å²) in [6.07, 6.45) is 0.180. The number of nitrogens with zero attached hydrogens (tertiary/aromatic N) is 1. The van der Waals surface area contributed by atoms with Crippen LogP contribution in [0.3, 0.4) is 0 Å². The van der Waals surface area contributed by atoms with Gasteiger partial charge >= 0.3 is 0 Å². The first-order valence-electron chi connectivity index (χ1n) is 9.25. The number of rotatable bonds is 8. The number of nitrogens with one attached hydrogen (secondary N) is 1. The molecule has 0 saturated heterocycles. The van der Waals surface area contributed by atoms with E-state index in [0.717, 1.165) is 5.69 Å². The van der Waals surface area contributed by atoms with Gasteiger partial charge in [0.15, 0.2) is 11.5 Å². The molecule has 2 amide bonds. The zero-order valence-corrected chi connectivity index (χ0v) is 17.1. The van der Waals surface area contributed by atoms with E-state index in [1.165, 1.54) is 19.6 Å². The fourth-order valence-corrected chi connectivity index (χ4v) is 2.85. The average Bonchev–Trinajstić information content (AvgIpc) is 2.68. The van der Waals surface area contributed by atoms with Gasteiger partial charge in [-0.25, -0.2) is 0 Å². The van der Waals surface area contributed by atoms with Gasteiger partial charge in [0.05, 0.1) is 14.2 Å². The molecule has 0 spiro atoms. The highest BCUT2D eigenvalue weighted by Crippen LogP contribution is 2.31. The van der Waals surface area contributed by atoms with Crippen LogP contribution in [-0.2, 0) is 9.59 Å². The summed E-state index contributed by atoms with van der Waals surface area (Å²) in [5.74, 6) is 1.25. The summed E-state index contributed by atoms with van der Waals surface area (Å²) in [6.45, 7) is 5.98. The van der Waals surface area contributed by atoms with Crippen molar-refractivity contribution in [2.24, 2.45) is 0 Å². The van der Waals surface area contributed by atoms with Crippen LogP contribution in [0.25, 0.3) is 0 Å². The summed E-state index contributed by atoms with van der Waals surface area (Å²) in [5.41, 5.74) is 2.61. The Labute approximate surface area is 166 Å². The van der Waals surface area contributed by atoms with Crippen LogP contribution in [0.15, 0.2) is 42.5 Å². The largest absolute Gasteiger partial charge is 0.493 e. The number of amides is 2. The standard InChI is InChI=1S/C22H28N2O4/c1-15(2)17-6-8-18(9-7-17)23-22(26)12-13-24(16(3)25)19-10-11-20(27-4)21(14-19)28-5/h6-11,14-15H,12-13H2,1-5H3,(H,23,26). The Morgan fingerprint density at radius 2 is 1.64 bits per heavy atom. The molecule has 0 aromatic heterocycles. The molecule has 6 heteroatoms. The summed E-state index contributed by atoms with van der Waals surface area (Å²) in [5, 5.41) is 2.87. The van der Waals surface area contributed by atoms with Crippen molar-refractivity contribution in [3.8, 4) is 11.5 Å². The summed E-state index contributed by atoms with van der Waals surface area (Å²) < 4.78 is 10.5. The first-order chi connectivity index (χ1) is 13.3. The van der Waals surface area contributed by atoms with Crippen molar-refractivity contribution in [1.82, 2.24) is 0 Å². The lowest BCUT2D eigenvalue weighted by Gasteiger charge is -2.22. The summed E-state index contributed by atoms with van der Waals surface area (Å²) in [4.78, 5) is 26.0. The lowest BCUT2D eigenvalue weighted by molar-refractivity contribution is -0.117. The second kappa shape index (κ2) is 9.78. The van der Waals surface area contributed by atoms with Gasteiger partial charge in [-0.3, -0.25) is 9.59 Å². The first-order valence-corrected chi connectivity index (χ1v) is 9.25. The number of hydrogen-bond donors (Lipinski definition) is 1. The van der Waals surface area contributed by atoms with Crippen LogP contribution in [0, 0.1) is 0 Å². The van der Waals surface area contributed by atoms with Crippen LogP contribution >= 0.6 is 0 Å². The van der Waals surface area contributed by atoms with E-state index in [9.17, 15) is 9.59 Å². The molecule has 0 unspecified atom stereocenters. The third kappa shape index (κ3) is 5.49. The topological polar surface area (TPSA) is 67.9 Å². The van der Waals surface area contributed by atoms with E-state index in [-0.39, 0.29) is 24.8 Å². The Morgan fingerprint density at radius 3 is 2.18 bits per heavy atom. The first kappa shape index (κ1) is 21.3. The molecule has 0 bridgehead atoms. The number of carbonyl (C=O) groups is 2. The zero-order chi connectivity index (χ0) is 20.7. The average molecular weight is 384 g/mol. The number of benzene rings is 2. The molecule has 150 valence electrons. The van der Waals surface area contributed by atoms with E-state index in [0.29, 0.717) is 23.1 Å². The molecule has 0 radical (unpaired) electrons. The molecular formula is C22H28N2O4. The molecule has 0 heterocycles. The number of hydrogen-bond acceptors (Lipinski definition) is 4. The number of ether oxygens (including phenoxy) is 2. The second-order valence-electron chi connectivity index (χ2n) is 6.78. The summed E-state index contributed by atoms with van der Waals surface area (Å²) >= 11 is 0. The fourth-order valence-electron chi connectivity index (χ4n) is 2.85. The predicted octanol–water partition coefficient (Wildman–Crippen LogP) is 4.21. The third-order valence-corrected chi connectivity index (χ3v) is 4.48. The SMILES string of the molecule is COc1ccc(N(CCC(=O)Nc2ccc(C(C)C)cc2)C(C)=O)cc1OC. The Hall–Kier alpha value is -3.02. The van der Waals surface area contributed by atoms with E-state index in [2.05, 4.69) is 19.2 Å². The van der Waals surface area contributed by atoms with Crippen LogP contribution in [-0.4, -0.2) is 32.6 Å². The third-order valence-electron chi connectivity index (χ3n) is 4.48. The van der Waals surface area contributed by atoms with Crippen LogP contribution in [0.1, 0.15) is 38.7 Å². The maximum atomic E-state index is 12.3. The Bertz CT molecular complexity index is 816. The molecule has 6 nitrogen and oxygen atoms in total. The minimum atomic E-state index is -0.152. The van der Waals surface area contributed by atoms with E-state index in [4.69, 9.17) is 9.47 Å². The highest BCUT2D eigenvalue weighted by Gasteiger charge is 2.16. The van der Waals surface area contributed by atoms with Crippen molar-refractivity contribution in [3.63, 3.8) is 0 Å². The molecule has 0 saturated carbocycles. The number of methoxy groups -OCH3 is 2. The van der Waals surface area contributed by atoms with Crippen molar-refractivity contribution >= 4 is 23.2 Å². The number of anilines is 2. The number of carbonyl (C=O) groups excluding carboxylic acids is 2. The van der Waals surface area contributed by atoms with E-state index in [1.807, 2.05) is 24.3 Å². The van der Waals surface area contributed by atoms with Gasteiger partial charge in [0, 0.05) is 37.3 Å². The van der Waals surface area contributed by atoms with E-state index in [1.54, 1.807) is 30.2 Å². The molecule has 0 fully saturated rings. The molecule has 2 aromatic rings. The second-order valence-corrected chi connectivity index (χ2v) is 6.78. The molecule has 1 N–H and O–H groups in total. The highest BCUT2D eigenvalue weighted by molar-refractivity contribution is 5.95. The van der Waals surface area contributed by atoms with Gasteiger partial charge < -0.3 is 19.7 Å². The van der Waals surface area contributed by atoms with Gasteiger partial charge in [-0.05, 0) is 35.7 Å². The zero-order valence-electron chi connectivity index (χ0n) is 17.1. The van der Waals surface area contributed by atoms with Gasteiger partial charge in [-0.1, -0.05) is 26.0 Å². The molecule has 28 heavy (non-hydrogen) atoms. The highest BCUT2D eigenvalue weighted by atomic mass is 16.5. The van der Waals surface area contributed by atoms with Crippen molar-refractivity contribution in [3.05, 3.63) is 48.0 Å². The van der Waals surface area contributed by atoms with Crippen LogP contribution in [0.4, 0.5) is 11.4 Å². The summed E-state index contributed by atoms with van der Waals surface area (Å²) in [6, 6.07) is 13.0. The maximum Gasteiger partial charge on any atom is 0.226 e. The Kier molecular flexibility index (Phi) is 7.44. The van der Waals surface area contributed by atoms with Gasteiger partial charge in [0.25, 0.3) is 0 Å². The quantitative estimate of drug-likeness (QED) is 0.740. The minimum Gasteiger partial charge on any atom is -0.493 e. The van der Waals surface area contributed by atoms with Gasteiger partial charge in [-0.15, -0.1) is 0 Å². The Balaban J connectivity index is 2.03. The van der Waals surface area contributed by atoms with Crippen molar-refractivity contribution in [2.45, 2.75) is 33.1 Å². The molecule has 2 rings (SSSR count). The minimum absolute atomic E-state index is 0.149. The van der Waals surface area contributed by atoms with E-state index >= 15 is 0 Å². The predicted molar refractivity (Wildman–Crippen MR) is 111 cm³/mol.